The van der Waals surface area contributed by atoms with E-state index in [1.165, 1.54) is 38.5 Å². The average Bonchev–Trinajstić information content (AvgIpc) is 2.46. The van der Waals surface area contributed by atoms with Crippen LogP contribution in [0, 0.1) is 0 Å². The van der Waals surface area contributed by atoms with E-state index in [4.69, 9.17) is 4.18 Å². The summed E-state index contributed by atoms with van der Waals surface area (Å²) in [6.07, 6.45) is 9.44. The van der Waals surface area contributed by atoms with E-state index in [1.807, 2.05) is 0 Å². The number of benzene rings is 1. The minimum Gasteiger partial charge on any atom is -0.266 e. The Kier molecular flexibility index (Phi) is 12.7. The van der Waals surface area contributed by atoms with Crippen molar-refractivity contribution in [3.63, 3.8) is 0 Å². The van der Waals surface area contributed by atoms with Crippen LogP contribution in [-0.2, 0) is 14.3 Å². The number of hydrogen-bond donors (Lipinski definition) is 0. The van der Waals surface area contributed by atoms with E-state index in [1.54, 1.807) is 30.3 Å². The molecule has 0 unspecified atom stereocenters. The summed E-state index contributed by atoms with van der Waals surface area (Å²) in [6, 6.07) is 8.31. The molecule has 0 N–H and O–H groups in total. The van der Waals surface area contributed by atoms with Crippen molar-refractivity contribution in [1.82, 2.24) is 0 Å². The van der Waals surface area contributed by atoms with Crippen LogP contribution in [0.2, 0.25) is 0 Å². The molecule has 0 spiro atoms. The number of rotatable bonds is 11. The maximum Gasteiger partial charge on any atom is 0.296 e. The van der Waals surface area contributed by atoms with Gasteiger partial charge < -0.3 is 0 Å². The Balaban J connectivity index is 0.00000400. The van der Waals surface area contributed by atoms with Gasteiger partial charge in [0.15, 0.2) is 0 Å². The fourth-order valence-corrected chi connectivity index (χ4v) is 3.02. The van der Waals surface area contributed by atoms with Crippen molar-refractivity contribution in [3.8, 4) is 0 Å². The first kappa shape index (κ1) is 21.1. The normalized spacial score (nSPS) is 11.1. The Labute approximate surface area is 151 Å². The van der Waals surface area contributed by atoms with Crippen molar-refractivity contribution < 1.29 is 12.6 Å². The fourth-order valence-electron chi connectivity index (χ4n) is 2.06. The Morgan fingerprint density at radius 3 is 1.95 bits per heavy atom. The SMILES string of the molecule is CCCCCCCCCCOS(=O)(=O)c1ccccc1.[Na]. The summed E-state index contributed by atoms with van der Waals surface area (Å²) in [4.78, 5) is 0.236. The van der Waals surface area contributed by atoms with Gasteiger partial charge in [0.25, 0.3) is 10.1 Å². The minimum atomic E-state index is -3.57. The fraction of sp³-hybridized carbons (Fsp3) is 0.625. The van der Waals surface area contributed by atoms with E-state index in [9.17, 15) is 8.42 Å². The van der Waals surface area contributed by atoms with Gasteiger partial charge in [-0.05, 0) is 18.6 Å². The summed E-state index contributed by atoms with van der Waals surface area (Å²) >= 11 is 0. The van der Waals surface area contributed by atoms with Gasteiger partial charge in [0.1, 0.15) is 0 Å². The number of unbranched alkanes of at least 4 members (excludes halogenated alkanes) is 7. The van der Waals surface area contributed by atoms with Crippen molar-refractivity contribution in [3.05, 3.63) is 30.3 Å². The number of hydrogen-bond acceptors (Lipinski definition) is 3. The molecule has 0 aliphatic rings. The van der Waals surface area contributed by atoms with Gasteiger partial charge in [0.2, 0.25) is 0 Å². The Bertz CT molecular complexity index is 446. The third-order valence-corrected chi connectivity index (χ3v) is 4.59. The van der Waals surface area contributed by atoms with E-state index >= 15 is 0 Å². The van der Waals surface area contributed by atoms with Gasteiger partial charge in [-0.15, -0.1) is 0 Å². The Morgan fingerprint density at radius 2 is 1.38 bits per heavy atom. The molecule has 0 aromatic heterocycles. The van der Waals surface area contributed by atoms with Crippen LogP contribution in [0.5, 0.6) is 0 Å². The molecular weight excluding hydrogens is 295 g/mol. The molecule has 1 aromatic rings. The average molecular weight is 321 g/mol. The Morgan fingerprint density at radius 1 is 0.857 bits per heavy atom. The van der Waals surface area contributed by atoms with Crippen molar-refractivity contribution >= 4 is 39.7 Å². The van der Waals surface area contributed by atoms with Gasteiger partial charge in [-0.3, -0.25) is 4.18 Å². The van der Waals surface area contributed by atoms with Crippen LogP contribution < -0.4 is 0 Å². The second kappa shape index (κ2) is 12.7. The zero-order chi connectivity index (χ0) is 14.7. The zero-order valence-corrected chi connectivity index (χ0v) is 16.2. The van der Waals surface area contributed by atoms with E-state index in [0.29, 0.717) is 0 Å². The van der Waals surface area contributed by atoms with Gasteiger partial charge in [0, 0.05) is 29.6 Å². The molecule has 115 valence electrons. The van der Waals surface area contributed by atoms with Gasteiger partial charge in [0.05, 0.1) is 11.5 Å². The van der Waals surface area contributed by atoms with Crippen LogP contribution in [0.25, 0.3) is 0 Å². The first-order valence-electron chi connectivity index (χ1n) is 7.61. The van der Waals surface area contributed by atoms with Gasteiger partial charge in [-0.1, -0.05) is 70.1 Å². The molecule has 0 aliphatic heterocycles. The molecule has 0 fully saturated rings. The molecule has 0 saturated heterocycles. The summed E-state index contributed by atoms with van der Waals surface area (Å²) in [7, 11) is -3.57. The second-order valence-electron chi connectivity index (χ2n) is 5.06. The molecule has 0 aliphatic carbocycles. The molecule has 1 aromatic carbocycles. The van der Waals surface area contributed by atoms with Crippen molar-refractivity contribution in [1.29, 1.82) is 0 Å². The maximum atomic E-state index is 11.8. The molecule has 0 amide bonds. The Hall–Kier alpha value is 0.130. The first-order valence-corrected chi connectivity index (χ1v) is 9.02. The van der Waals surface area contributed by atoms with E-state index < -0.39 is 10.1 Å². The largest absolute Gasteiger partial charge is 0.296 e. The topological polar surface area (TPSA) is 43.4 Å². The standard InChI is InChI=1S/C16H26O3S.Na/c1-2-3-4-5-6-7-8-12-15-19-20(17,18)16-13-10-9-11-14-16;/h9-11,13-14H,2-8,12,15H2,1H3;. The molecule has 0 heterocycles. The van der Waals surface area contributed by atoms with Crippen LogP contribution >= 0.6 is 0 Å². The summed E-state index contributed by atoms with van der Waals surface area (Å²) in [6.45, 7) is 2.50. The van der Waals surface area contributed by atoms with Crippen LogP contribution in [0.3, 0.4) is 0 Å². The van der Waals surface area contributed by atoms with Crippen LogP contribution in [0.4, 0.5) is 0 Å². The second-order valence-corrected chi connectivity index (χ2v) is 6.68. The van der Waals surface area contributed by atoms with Gasteiger partial charge in [-0.2, -0.15) is 8.42 Å². The molecule has 0 saturated carbocycles. The summed E-state index contributed by atoms with van der Waals surface area (Å²) in [5.41, 5.74) is 0. The molecule has 1 rings (SSSR count). The van der Waals surface area contributed by atoms with E-state index in [0.717, 1.165) is 12.8 Å². The van der Waals surface area contributed by atoms with Crippen LogP contribution in [-0.4, -0.2) is 44.6 Å². The monoisotopic (exact) mass is 321 g/mol. The van der Waals surface area contributed by atoms with Crippen molar-refractivity contribution in [2.45, 2.75) is 63.2 Å². The molecule has 1 radical (unpaired) electrons. The molecule has 5 heteroatoms. The minimum absolute atomic E-state index is 0. The molecule has 21 heavy (non-hydrogen) atoms. The van der Waals surface area contributed by atoms with Crippen molar-refractivity contribution in [2.24, 2.45) is 0 Å². The molecular formula is C16H26NaO3S. The summed E-state index contributed by atoms with van der Waals surface area (Å²) in [5.74, 6) is 0. The van der Waals surface area contributed by atoms with Crippen molar-refractivity contribution in [2.75, 3.05) is 6.61 Å². The zero-order valence-electron chi connectivity index (χ0n) is 13.4. The third kappa shape index (κ3) is 9.69. The molecule has 3 nitrogen and oxygen atoms in total. The predicted octanol–water partition coefficient (Wildman–Crippen LogP) is 4.15. The van der Waals surface area contributed by atoms with Gasteiger partial charge in [-0.25, -0.2) is 0 Å². The predicted molar refractivity (Wildman–Crippen MR) is 87.9 cm³/mol. The van der Waals surface area contributed by atoms with E-state index in [2.05, 4.69) is 6.92 Å². The van der Waals surface area contributed by atoms with Gasteiger partial charge >= 0.3 is 0 Å². The molecule has 0 atom stereocenters. The summed E-state index contributed by atoms with van der Waals surface area (Å²) < 4.78 is 28.7. The maximum absolute atomic E-state index is 11.8. The van der Waals surface area contributed by atoms with E-state index in [-0.39, 0.29) is 41.1 Å². The quantitative estimate of drug-likeness (QED) is 0.349. The third-order valence-electron chi connectivity index (χ3n) is 3.27. The summed E-state index contributed by atoms with van der Waals surface area (Å²) in [5, 5.41) is 0. The smallest absolute Gasteiger partial charge is 0.266 e. The molecule has 0 bridgehead atoms. The first-order chi connectivity index (χ1) is 9.67. The van der Waals surface area contributed by atoms with Crippen LogP contribution in [0.1, 0.15) is 58.3 Å². The van der Waals surface area contributed by atoms with Crippen LogP contribution in [0.15, 0.2) is 35.2 Å².